The summed E-state index contributed by atoms with van der Waals surface area (Å²) in [6.45, 7) is 15.7. The first-order valence-corrected chi connectivity index (χ1v) is 20.3. The molecule has 1 unspecified atom stereocenters. The third kappa shape index (κ3) is 6.80. The number of anilines is 2. The second kappa shape index (κ2) is 14.5. The summed E-state index contributed by atoms with van der Waals surface area (Å²) in [4.78, 5) is 86.8. The second-order valence-electron chi connectivity index (χ2n) is 16.7. The highest BCUT2D eigenvalue weighted by atomic mass is 35.5. The summed E-state index contributed by atoms with van der Waals surface area (Å²) in [6.07, 6.45) is 8.44. The largest absolute Gasteiger partial charge is 0.368 e. The van der Waals surface area contributed by atoms with Crippen LogP contribution in [0.3, 0.4) is 0 Å². The predicted octanol–water partition coefficient (Wildman–Crippen LogP) is 4.84. The van der Waals surface area contributed by atoms with Crippen molar-refractivity contribution < 1.29 is 24.0 Å². The number of hydrogen-bond donors (Lipinski definition) is 1. The van der Waals surface area contributed by atoms with Crippen LogP contribution in [0.15, 0.2) is 42.7 Å². The molecule has 2 atom stereocenters. The van der Waals surface area contributed by atoms with Crippen molar-refractivity contribution in [2.75, 3.05) is 49.1 Å². The lowest BCUT2D eigenvalue weighted by Gasteiger charge is -2.39. The fraction of sp³-hybridized carbons (Fsp3) is 0.476. The minimum Gasteiger partial charge on any atom is -0.368 e. The standard InChI is InChI=1S/C42H44ClN9O5/c1-25-18-42(24-51(25)30-3-4-34(44-2)33(43)17-30)9-13-50(14-10-42)41-45-19-29(20-46-41)38(55)49-11-7-26(8-12-49)21-48-22-27-15-31-32(16-28(27)23-48)40(57)52(39(31)56)35-5-6-36(53)47-37(35)54/h3-4,15-17,19-20,25-26,35H,5-14,18,21-24H2,1H3,(H,47,53,54)/t25-,35?/m0/s1. The Balaban J connectivity index is 0.745. The number of fused-ring (bicyclic) bond motifs is 2. The molecule has 1 aromatic heterocycles. The minimum atomic E-state index is -0.974. The van der Waals surface area contributed by atoms with Crippen molar-refractivity contribution in [3.8, 4) is 0 Å². The van der Waals surface area contributed by atoms with Crippen molar-refractivity contribution >= 4 is 58.5 Å². The fourth-order valence-electron chi connectivity index (χ4n) is 10.0. The molecule has 0 bridgehead atoms. The van der Waals surface area contributed by atoms with E-state index in [1.165, 1.54) is 0 Å². The van der Waals surface area contributed by atoms with Gasteiger partial charge in [-0.3, -0.25) is 39.1 Å². The first-order valence-electron chi connectivity index (χ1n) is 19.9. The van der Waals surface area contributed by atoms with Crippen LogP contribution in [0.2, 0.25) is 5.02 Å². The van der Waals surface area contributed by atoms with Gasteiger partial charge >= 0.3 is 0 Å². The van der Waals surface area contributed by atoms with Crippen molar-refractivity contribution in [3.63, 3.8) is 0 Å². The van der Waals surface area contributed by atoms with Gasteiger partial charge < -0.3 is 14.7 Å². The van der Waals surface area contributed by atoms with Crippen LogP contribution in [0, 0.1) is 17.9 Å². The Morgan fingerprint density at radius 1 is 0.947 bits per heavy atom. The van der Waals surface area contributed by atoms with E-state index in [-0.39, 0.29) is 24.2 Å². The summed E-state index contributed by atoms with van der Waals surface area (Å²) in [5.41, 5.74) is 4.89. The zero-order chi connectivity index (χ0) is 39.6. The van der Waals surface area contributed by atoms with E-state index in [1.807, 2.05) is 17.0 Å². The molecule has 4 saturated heterocycles. The molecule has 3 aromatic rings. The number of carbonyl (C=O) groups excluding carboxylic acids is 5. The number of nitrogens with zero attached hydrogens (tertiary/aromatic N) is 8. The Bertz CT molecular complexity index is 2180. The van der Waals surface area contributed by atoms with Crippen molar-refractivity contribution in [3.05, 3.63) is 87.0 Å². The molecule has 0 saturated carbocycles. The molecule has 6 aliphatic rings. The van der Waals surface area contributed by atoms with Gasteiger partial charge in [0.05, 0.1) is 23.3 Å². The molecule has 14 nitrogen and oxygen atoms in total. The third-order valence-electron chi connectivity index (χ3n) is 13.1. The predicted molar refractivity (Wildman–Crippen MR) is 211 cm³/mol. The highest BCUT2D eigenvalue weighted by Gasteiger charge is 2.46. The zero-order valence-corrected chi connectivity index (χ0v) is 32.6. The minimum absolute atomic E-state index is 0.0501. The maximum Gasteiger partial charge on any atom is 0.262 e. The van der Waals surface area contributed by atoms with Crippen molar-refractivity contribution in [1.29, 1.82) is 0 Å². The van der Waals surface area contributed by atoms with Crippen LogP contribution in [-0.4, -0.2) is 106 Å². The van der Waals surface area contributed by atoms with Gasteiger partial charge in [-0.2, -0.15) is 0 Å². The number of imide groups is 2. The Labute approximate surface area is 336 Å². The second-order valence-corrected chi connectivity index (χ2v) is 17.1. The summed E-state index contributed by atoms with van der Waals surface area (Å²) in [5.74, 6) is -0.964. The molecule has 0 radical (unpaired) electrons. The Hall–Kier alpha value is -5.39. The summed E-state index contributed by atoms with van der Waals surface area (Å²) >= 11 is 6.37. The molecule has 57 heavy (non-hydrogen) atoms. The first kappa shape index (κ1) is 37.2. The number of carbonyl (C=O) groups is 5. The van der Waals surface area contributed by atoms with Crippen LogP contribution in [0.1, 0.15) is 94.1 Å². The van der Waals surface area contributed by atoms with Crippen molar-refractivity contribution in [1.82, 2.24) is 30.0 Å². The number of piperidine rings is 3. The summed E-state index contributed by atoms with van der Waals surface area (Å²) < 4.78 is 0. The maximum absolute atomic E-state index is 13.5. The monoisotopic (exact) mass is 789 g/mol. The normalized spacial score (nSPS) is 23.6. The first-order chi connectivity index (χ1) is 27.5. The topological polar surface area (TPSA) is 144 Å². The van der Waals surface area contributed by atoms with E-state index in [0.717, 1.165) is 80.0 Å². The molecule has 2 aromatic carbocycles. The van der Waals surface area contributed by atoms with Gasteiger partial charge in [-0.05, 0) is 92.2 Å². The number of rotatable bonds is 6. The average Bonchev–Trinajstić information content (AvgIpc) is 3.84. The lowest BCUT2D eigenvalue weighted by molar-refractivity contribution is -0.136. The van der Waals surface area contributed by atoms with Crippen LogP contribution in [-0.2, 0) is 22.7 Å². The Kier molecular flexibility index (Phi) is 9.48. The lowest BCUT2D eigenvalue weighted by Crippen LogP contribution is -2.54. The molecule has 4 fully saturated rings. The van der Waals surface area contributed by atoms with Crippen molar-refractivity contribution in [2.45, 2.75) is 77.0 Å². The smallest absolute Gasteiger partial charge is 0.262 e. The molecule has 294 valence electrons. The number of halogens is 1. The molecule has 15 heteroatoms. The van der Waals surface area contributed by atoms with Gasteiger partial charge in [-0.25, -0.2) is 14.8 Å². The fourth-order valence-corrected chi connectivity index (χ4v) is 10.2. The molecule has 6 aliphatic heterocycles. The van der Waals surface area contributed by atoms with Gasteiger partial charge in [-0.15, -0.1) is 0 Å². The number of hydrogen-bond acceptors (Lipinski definition) is 10. The molecular weight excluding hydrogens is 746 g/mol. The summed E-state index contributed by atoms with van der Waals surface area (Å²) in [7, 11) is 0. The van der Waals surface area contributed by atoms with Gasteiger partial charge in [-0.1, -0.05) is 17.7 Å². The third-order valence-corrected chi connectivity index (χ3v) is 13.4. The van der Waals surface area contributed by atoms with E-state index in [9.17, 15) is 24.0 Å². The van der Waals surface area contributed by atoms with E-state index >= 15 is 0 Å². The highest BCUT2D eigenvalue weighted by Crippen LogP contribution is 2.46. The number of benzene rings is 2. The van der Waals surface area contributed by atoms with E-state index in [2.05, 4.69) is 41.8 Å². The summed E-state index contributed by atoms with van der Waals surface area (Å²) in [5, 5.41) is 2.74. The molecule has 9 rings (SSSR count). The SMILES string of the molecule is [C-]#[N+]c1ccc(N2CC3(CCN(c4ncc(C(=O)N5CCC(CN6Cc7cc8c(cc7C6)C(=O)N(C6CCC(=O)NC6=O)C8=O)CC5)cn4)CC3)C[C@@H]2C)cc1Cl. The van der Waals surface area contributed by atoms with Crippen LogP contribution >= 0.6 is 11.6 Å². The molecule has 5 amide bonds. The molecule has 1 spiro atoms. The molecule has 1 N–H and O–H groups in total. The quantitative estimate of drug-likeness (QED) is 0.273. The van der Waals surface area contributed by atoms with Gasteiger partial charge in [0.2, 0.25) is 23.5 Å². The highest BCUT2D eigenvalue weighted by molar-refractivity contribution is 6.33. The van der Waals surface area contributed by atoms with Gasteiger partial charge in [0.25, 0.3) is 17.7 Å². The van der Waals surface area contributed by atoms with E-state index in [4.69, 9.17) is 18.2 Å². The van der Waals surface area contributed by atoms with Gasteiger partial charge in [0.15, 0.2) is 0 Å². The number of nitrogens with one attached hydrogen (secondary N) is 1. The summed E-state index contributed by atoms with van der Waals surface area (Å²) in [6, 6.07) is 8.72. The zero-order valence-electron chi connectivity index (χ0n) is 31.9. The molecule has 0 aliphatic carbocycles. The van der Waals surface area contributed by atoms with Crippen LogP contribution in [0.5, 0.6) is 0 Å². The molecule has 7 heterocycles. The lowest BCUT2D eigenvalue weighted by atomic mass is 9.77. The Morgan fingerprint density at radius 3 is 2.23 bits per heavy atom. The number of likely N-dealkylation sites (tertiary alicyclic amines) is 1. The van der Waals surface area contributed by atoms with E-state index in [0.29, 0.717) is 71.5 Å². The number of aromatic nitrogens is 2. The van der Waals surface area contributed by atoms with Gasteiger partial charge in [0.1, 0.15) is 6.04 Å². The van der Waals surface area contributed by atoms with Crippen LogP contribution in [0.25, 0.3) is 4.85 Å². The Morgan fingerprint density at radius 2 is 1.61 bits per heavy atom. The van der Waals surface area contributed by atoms with Gasteiger partial charge in [0, 0.05) is 87.9 Å². The maximum atomic E-state index is 13.5. The average molecular weight is 790 g/mol. The van der Waals surface area contributed by atoms with E-state index in [1.54, 1.807) is 30.6 Å². The van der Waals surface area contributed by atoms with Crippen LogP contribution in [0.4, 0.5) is 17.3 Å². The van der Waals surface area contributed by atoms with E-state index < -0.39 is 29.7 Å². The van der Waals surface area contributed by atoms with Crippen LogP contribution < -0.4 is 15.1 Å². The number of amides is 5. The van der Waals surface area contributed by atoms with Crippen molar-refractivity contribution in [2.24, 2.45) is 11.3 Å². The molecular formula is C42H44ClN9O5.